The molecule has 2 aromatic carbocycles. The number of nitrogens with zero attached hydrogens (tertiary/aromatic N) is 1. The summed E-state index contributed by atoms with van der Waals surface area (Å²) < 4.78 is 0. The van der Waals surface area contributed by atoms with Crippen LogP contribution in [0.3, 0.4) is 0 Å². The van der Waals surface area contributed by atoms with Gasteiger partial charge in [-0.05, 0) is 44.4 Å². The van der Waals surface area contributed by atoms with Gasteiger partial charge in [0, 0.05) is 5.69 Å². The Bertz CT molecular complexity index is 577. The van der Waals surface area contributed by atoms with Crippen LogP contribution >= 0.6 is 0 Å². The molecule has 1 atom stereocenters. The number of rotatable bonds is 4. The molecule has 0 unspecified atom stereocenters. The molecule has 2 heteroatoms. The van der Waals surface area contributed by atoms with Gasteiger partial charge in [-0.15, -0.1) is 0 Å². The van der Waals surface area contributed by atoms with Crippen molar-refractivity contribution in [3.05, 3.63) is 64.7 Å². The smallest absolute Gasteiger partial charge is 0.0875 e. The van der Waals surface area contributed by atoms with Crippen molar-refractivity contribution in [2.75, 3.05) is 5.32 Å². The lowest BCUT2D eigenvalue weighted by Crippen LogP contribution is -2.02. The highest BCUT2D eigenvalue weighted by Crippen LogP contribution is 2.21. The standard InChI is InChI=1S/C18H22N2/c1-13-10-14(2)18(15(3)11-13)20-12-19-16(4)17-8-6-5-7-9-17/h5-12,16H,1-4H3,(H,19,20)/t16-/m0/s1. The molecule has 0 bridgehead atoms. The number of hydrogen-bond acceptors (Lipinski definition) is 1. The van der Waals surface area contributed by atoms with Crippen molar-refractivity contribution in [1.29, 1.82) is 0 Å². The van der Waals surface area contributed by atoms with E-state index >= 15 is 0 Å². The molecule has 2 nitrogen and oxygen atoms in total. The first kappa shape index (κ1) is 14.3. The van der Waals surface area contributed by atoms with E-state index in [4.69, 9.17) is 0 Å². The zero-order valence-corrected chi connectivity index (χ0v) is 12.6. The summed E-state index contributed by atoms with van der Waals surface area (Å²) in [5.41, 5.74) is 6.17. The molecule has 20 heavy (non-hydrogen) atoms. The van der Waals surface area contributed by atoms with E-state index in [1.165, 1.54) is 22.3 Å². The van der Waals surface area contributed by atoms with Crippen LogP contribution in [0.25, 0.3) is 0 Å². The van der Waals surface area contributed by atoms with Gasteiger partial charge in [0.05, 0.1) is 12.4 Å². The predicted molar refractivity (Wildman–Crippen MR) is 87.6 cm³/mol. The number of aryl methyl sites for hydroxylation is 3. The van der Waals surface area contributed by atoms with Crippen LogP contribution in [0.2, 0.25) is 0 Å². The van der Waals surface area contributed by atoms with Gasteiger partial charge in [0.1, 0.15) is 0 Å². The molecular weight excluding hydrogens is 244 g/mol. The Morgan fingerprint density at radius 1 is 1.00 bits per heavy atom. The third kappa shape index (κ3) is 3.47. The lowest BCUT2D eigenvalue weighted by atomic mass is 10.1. The van der Waals surface area contributed by atoms with Crippen LogP contribution in [0.1, 0.15) is 35.2 Å². The van der Waals surface area contributed by atoms with Crippen LogP contribution in [-0.2, 0) is 0 Å². The maximum absolute atomic E-state index is 4.56. The Kier molecular flexibility index (Phi) is 4.57. The van der Waals surface area contributed by atoms with Gasteiger partial charge in [0.25, 0.3) is 0 Å². The largest absolute Gasteiger partial charge is 0.346 e. The first-order chi connectivity index (χ1) is 9.58. The molecule has 1 N–H and O–H groups in total. The van der Waals surface area contributed by atoms with E-state index in [2.05, 4.69) is 62.3 Å². The quantitative estimate of drug-likeness (QED) is 0.623. The molecule has 0 aromatic heterocycles. The molecule has 0 saturated carbocycles. The van der Waals surface area contributed by atoms with Crippen LogP contribution in [0, 0.1) is 20.8 Å². The number of anilines is 1. The summed E-state index contributed by atoms with van der Waals surface area (Å²) in [6.45, 7) is 8.46. The van der Waals surface area contributed by atoms with Gasteiger partial charge in [-0.1, -0.05) is 48.0 Å². The third-order valence-electron chi connectivity index (χ3n) is 3.47. The summed E-state index contributed by atoms with van der Waals surface area (Å²) in [6.07, 6.45) is 1.81. The molecule has 0 radical (unpaired) electrons. The van der Waals surface area contributed by atoms with Crippen LogP contribution in [0.4, 0.5) is 5.69 Å². The van der Waals surface area contributed by atoms with Crippen molar-refractivity contribution < 1.29 is 0 Å². The van der Waals surface area contributed by atoms with Gasteiger partial charge in [-0.25, -0.2) is 0 Å². The fourth-order valence-electron chi connectivity index (χ4n) is 2.44. The molecule has 0 saturated heterocycles. The highest BCUT2D eigenvalue weighted by atomic mass is 15.0. The molecule has 0 aliphatic carbocycles. The van der Waals surface area contributed by atoms with E-state index in [0.717, 1.165) is 5.69 Å². The second-order valence-corrected chi connectivity index (χ2v) is 5.28. The zero-order valence-electron chi connectivity index (χ0n) is 12.6. The minimum atomic E-state index is 0.162. The van der Waals surface area contributed by atoms with Gasteiger partial charge in [0.15, 0.2) is 0 Å². The van der Waals surface area contributed by atoms with Gasteiger partial charge >= 0.3 is 0 Å². The summed E-state index contributed by atoms with van der Waals surface area (Å²) in [6, 6.07) is 14.8. The van der Waals surface area contributed by atoms with Crippen molar-refractivity contribution in [3.8, 4) is 0 Å². The summed E-state index contributed by atoms with van der Waals surface area (Å²) in [5.74, 6) is 0. The summed E-state index contributed by atoms with van der Waals surface area (Å²) in [4.78, 5) is 4.56. The van der Waals surface area contributed by atoms with Crippen LogP contribution < -0.4 is 5.32 Å². The van der Waals surface area contributed by atoms with E-state index in [9.17, 15) is 0 Å². The predicted octanol–water partition coefficient (Wildman–Crippen LogP) is 4.81. The number of aliphatic imine (C=N–C) groups is 1. The monoisotopic (exact) mass is 266 g/mol. The van der Waals surface area contributed by atoms with Gasteiger partial charge < -0.3 is 5.32 Å². The van der Waals surface area contributed by atoms with Gasteiger partial charge in [-0.3, -0.25) is 4.99 Å². The fraction of sp³-hybridized carbons (Fsp3) is 0.278. The average molecular weight is 266 g/mol. The Balaban J connectivity index is 2.07. The van der Waals surface area contributed by atoms with E-state index < -0.39 is 0 Å². The van der Waals surface area contributed by atoms with Crippen LogP contribution in [0.5, 0.6) is 0 Å². The SMILES string of the molecule is Cc1cc(C)c(NC=N[C@@H](C)c2ccccc2)c(C)c1. The molecule has 0 aliphatic rings. The molecule has 2 rings (SSSR count). The molecule has 2 aromatic rings. The maximum atomic E-state index is 4.56. The van der Waals surface area contributed by atoms with Crippen LogP contribution in [-0.4, -0.2) is 6.34 Å². The summed E-state index contributed by atoms with van der Waals surface area (Å²) >= 11 is 0. The molecule has 0 spiro atoms. The van der Waals surface area contributed by atoms with Crippen molar-refractivity contribution in [2.24, 2.45) is 4.99 Å². The van der Waals surface area contributed by atoms with Crippen LogP contribution in [0.15, 0.2) is 47.5 Å². The Labute approximate surface area is 121 Å². The zero-order chi connectivity index (χ0) is 14.5. The lowest BCUT2D eigenvalue weighted by molar-refractivity contribution is 0.824. The normalized spacial score (nSPS) is 12.6. The first-order valence-corrected chi connectivity index (χ1v) is 6.99. The highest BCUT2D eigenvalue weighted by Gasteiger charge is 2.03. The number of hydrogen-bond donors (Lipinski definition) is 1. The minimum Gasteiger partial charge on any atom is -0.346 e. The van der Waals surface area contributed by atoms with Gasteiger partial charge in [0.2, 0.25) is 0 Å². The molecule has 0 heterocycles. The molecule has 104 valence electrons. The summed E-state index contributed by atoms with van der Waals surface area (Å²) in [5, 5.41) is 3.32. The first-order valence-electron chi connectivity index (χ1n) is 6.99. The van der Waals surface area contributed by atoms with Crippen molar-refractivity contribution in [2.45, 2.75) is 33.7 Å². The Hall–Kier alpha value is -2.09. The maximum Gasteiger partial charge on any atom is 0.0875 e. The third-order valence-corrected chi connectivity index (χ3v) is 3.47. The average Bonchev–Trinajstić information content (AvgIpc) is 2.42. The van der Waals surface area contributed by atoms with Crippen molar-refractivity contribution in [3.63, 3.8) is 0 Å². The number of nitrogens with one attached hydrogen (secondary N) is 1. The highest BCUT2D eigenvalue weighted by molar-refractivity contribution is 5.79. The van der Waals surface area contributed by atoms with E-state index in [0.29, 0.717) is 0 Å². The lowest BCUT2D eigenvalue weighted by Gasteiger charge is -2.11. The van der Waals surface area contributed by atoms with Gasteiger partial charge in [-0.2, -0.15) is 0 Å². The van der Waals surface area contributed by atoms with E-state index in [1.807, 2.05) is 24.5 Å². The minimum absolute atomic E-state index is 0.162. The Morgan fingerprint density at radius 2 is 1.60 bits per heavy atom. The van der Waals surface area contributed by atoms with E-state index in [1.54, 1.807) is 0 Å². The van der Waals surface area contributed by atoms with Crippen molar-refractivity contribution in [1.82, 2.24) is 0 Å². The molecule has 0 aliphatic heterocycles. The van der Waals surface area contributed by atoms with E-state index in [-0.39, 0.29) is 6.04 Å². The second-order valence-electron chi connectivity index (χ2n) is 5.28. The summed E-state index contributed by atoms with van der Waals surface area (Å²) in [7, 11) is 0. The second kappa shape index (κ2) is 6.38. The topological polar surface area (TPSA) is 24.4 Å². The van der Waals surface area contributed by atoms with Crippen molar-refractivity contribution >= 4 is 12.0 Å². The molecular formula is C18H22N2. The molecule has 0 fully saturated rings. The molecule has 0 amide bonds. The number of benzene rings is 2. The Morgan fingerprint density at radius 3 is 2.20 bits per heavy atom. The fourth-order valence-corrected chi connectivity index (χ4v) is 2.44.